The van der Waals surface area contributed by atoms with Crippen LogP contribution in [0, 0.1) is 5.92 Å². The molecule has 0 radical (unpaired) electrons. The molecule has 1 heterocycles. The molecule has 2 aromatic rings. The maximum atomic E-state index is 14.8. The third kappa shape index (κ3) is 4.73. The van der Waals surface area contributed by atoms with E-state index in [1.54, 1.807) is 0 Å². The molecule has 0 unspecified atom stereocenters. The van der Waals surface area contributed by atoms with Gasteiger partial charge in [0.25, 0.3) is 11.5 Å². The number of alkyl halides is 5. The lowest BCUT2D eigenvalue weighted by atomic mass is 9.93. The van der Waals surface area contributed by atoms with E-state index < -0.39 is 40.6 Å². The zero-order valence-electron chi connectivity index (χ0n) is 16.2. The highest BCUT2D eigenvalue weighted by Crippen LogP contribution is 2.43. The van der Waals surface area contributed by atoms with E-state index in [4.69, 9.17) is 4.74 Å². The van der Waals surface area contributed by atoms with E-state index in [2.05, 4.69) is 4.98 Å². The van der Waals surface area contributed by atoms with Crippen molar-refractivity contribution in [2.45, 2.75) is 63.5 Å². The van der Waals surface area contributed by atoms with Gasteiger partial charge in [-0.15, -0.1) is 0 Å². The third-order valence-corrected chi connectivity index (χ3v) is 5.70. The smallest absolute Gasteiger partial charge is 0.417 e. The Balaban J connectivity index is 1.93. The molecule has 8 heteroatoms. The maximum absolute atomic E-state index is 14.8. The molecule has 1 aromatic heterocycles. The number of ether oxygens (including phenoxy) is 1. The Morgan fingerprint density at radius 2 is 1.76 bits per heavy atom. The van der Waals surface area contributed by atoms with Crippen LogP contribution >= 0.6 is 0 Å². The highest BCUT2D eigenvalue weighted by Gasteiger charge is 2.46. The maximum Gasteiger partial charge on any atom is 0.417 e. The van der Waals surface area contributed by atoms with Crippen LogP contribution in [0.1, 0.15) is 62.5 Å². The van der Waals surface area contributed by atoms with Crippen LogP contribution in [0.3, 0.4) is 0 Å². The molecule has 0 spiro atoms. The average molecular weight is 417 g/mol. The molecule has 0 atom stereocenters. The van der Waals surface area contributed by atoms with Gasteiger partial charge < -0.3 is 9.72 Å². The summed E-state index contributed by atoms with van der Waals surface area (Å²) in [6.07, 6.45) is -0.0244. The molecule has 3 rings (SSSR count). The van der Waals surface area contributed by atoms with Crippen molar-refractivity contribution in [1.82, 2.24) is 4.98 Å². The van der Waals surface area contributed by atoms with Gasteiger partial charge in [-0.25, -0.2) is 8.78 Å². The van der Waals surface area contributed by atoms with Gasteiger partial charge in [-0.05, 0) is 24.5 Å². The zero-order valence-corrected chi connectivity index (χ0v) is 16.2. The van der Waals surface area contributed by atoms with Gasteiger partial charge in [-0.2, -0.15) is 13.2 Å². The van der Waals surface area contributed by atoms with Crippen LogP contribution in [0.4, 0.5) is 22.0 Å². The van der Waals surface area contributed by atoms with E-state index >= 15 is 0 Å². The van der Waals surface area contributed by atoms with Gasteiger partial charge in [0.2, 0.25) is 0 Å². The van der Waals surface area contributed by atoms with Crippen LogP contribution in [-0.4, -0.2) is 12.1 Å². The number of H-pyrrole nitrogens is 1. The summed E-state index contributed by atoms with van der Waals surface area (Å²) in [5.74, 6) is -3.14. The van der Waals surface area contributed by atoms with Crippen LogP contribution in [0.5, 0.6) is 5.75 Å². The second-order valence-corrected chi connectivity index (χ2v) is 7.71. The Bertz CT molecular complexity index is 914. The van der Waals surface area contributed by atoms with Gasteiger partial charge in [0.05, 0.1) is 23.8 Å². The number of pyridine rings is 1. The second kappa shape index (κ2) is 8.32. The molecule has 0 saturated heterocycles. The van der Waals surface area contributed by atoms with Crippen molar-refractivity contribution >= 4 is 10.9 Å². The number of benzene rings is 1. The predicted octanol–water partition coefficient (Wildman–Crippen LogP) is 6.40. The molecule has 0 aliphatic heterocycles. The lowest BCUT2D eigenvalue weighted by Gasteiger charge is -2.22. The first-order valence-corrected chi connectivity index (χ1v) is 9.83. The Hall–Kier alpha value is -2.12. The van der Waals surface area contributed by atoms with Crippen molar-refractivity contribution < 1.29 is 26.7 Å². The summed E-state index contributed by atoms with van der Waals surface area (Å²) in [6, 6.07) is 3.49. The van der Waals surface area contributed by atoms with Crippen molar-refractivity contribution in [3.05, 3.63) is 39.7 Å². The highest BCUT2D eigenvalue weighted by molar-refractivity contribution is 5.85. The largest absolute Gasteiger partial charge is 0.497 e. The van der Waals surface area contributed by atoms with Gasteiger partial charge in [-0.3, -0.25) is 4.79 Å². The number of methoxy groups -OCH3 is 1. The first-order chi connectivity index (χ1) is 13.6. The van der Waals surface area contributed by atoms with Crippen molar-refractivity contribution in [2.75, 3.05) is 7.11 Å². The molecule has 0 bridgehead atoms. The minimum Gasteiger partial charge on any atom is -0.497 e. The molecular formula is C21H24F5NO2. The lowest BCUT2D eigenvalue weighted by Crippen LogP contribution is -2.30. The van der Waals surface area contributed by atoms with E-state index in [1.165, 1.54) is 19.2 Å². The molecule has 1 fully saturated rings. The molecule has 1 aliphatic carbocycles. The first kappa shape index (κ1) is 21.6. The quantitative estimate of drug-likeness (QED) is 0.419. The van der Waals surface area contributed by atoms with Crippen molar-refractivity contribution in [2.24, 2.45) is 5.92 Å². The standard InChI is InChI=1S/C21H24F5NO2/c1-29-14-9-10-15-16(12-14)27-19(28)18(17(15)21(24,25)26)20(22,23)11-5-4-8-13-6-2-3-7-13/h9-10,12-13H,2-8,11H2,1H3,(H,27,28). The van der Waals surface area contributed by atoms with Crippen LogP contribution in [0.25, 0.3) is 10.9 Å². The summed E-state index contributed by atoms with van der Waals surface area (Å²) >= 11 is 0. The Morgan fingerprint density at radius 3 is 2.38 bits per heavy atom. The van der Waals surface area contributed by atoms with Gasteiger partial charge in [0, 0.05) is 17.9 Å². The summed E-state index contributed by atoms with van der Waals surface area (Å²) in [5.41, 5.74) is -4.68. The Labute approximate surface area is 165 Å². The SMILES string of the molecule is COc1ccc2c(C(F)(F)F)c(C(F)(F)CCCCC3CCCC3)c(=O)[nH]c2c1. The number of fused-ring (bicyclic) bond motifs is 1. The number of aromatic nitrogens is 1. The summed E-state index contributed by atoms with van der Waals surface area (Å²) in [4.78, 5) is 14.5. The number of nitrogens with one attached hydrogen (secondary N) is 1. The summed E-state index contributed by atoms with van der Waals surface area (Å²) in [6.45, 7) is 0. The van der Waals surface area contributed by atoms with Gasteiger partial charge in [0.1, 0.15) is 5.75 Å². The van der Waals surface area contributed by atoms with Crippen molar-refractivity contribution in [3.8, 4) is 5.75 Å². The van der Waals surface area contributed by atoms with Gasteiger partial charge in [0.15, 0.2) is 0 Å². The van der Waals surface area contributed by atoms with E-state index in [0.717, 1.165) is 38.2 Å². The van der Waals surface area contributed by atoms with Crippen LogP contribution in [0.2, 0.25) is 0 Å². The monoisotopic (exact) mass is 417 g/mol. The van der Waals surface area contributed by atoms with Crippen LogP contribution in [0.15, 0.2) is 23.0 Å². The molecule has 1 N–H and O–H groups in total. The topological polar surface area (TPSA) is 42.1 Å². The molecule has 1 saturated carbocycles. The molecule has 0 amide bonds. The normalized spacial score (nSPS) is 15.9. The Kier molecular flexibility index (Phi) is 6.19. The van der Waals surface area contributed by atoms with Gasteiger partial charge >= 0.3 is 6.18 Å². The molecule has 1 aliphatic rings. The summed E-state index contributed by atoms with van der Waals surface area (Å²) in [5, 5.41) is -0.474. The fourth-order valence-electron chi connectivity index (χ4n) is 4.25. The summed E-state index contributed by atoms with van der Waals surface area (Å²) in [7, 11) is 1.32. The highest BCUT2D eigenvalue weighted by atomic mass is 19.4. The number of hydrogen-bond donors (Lipinski definition) is 1. The van der Waals surface area contributed by atoms with Crippen molar-refractivity contribution in [1.29, 1.82) is 0 Å². The van der Waals surface area contributed by atoms with E-state index in [0.29, 0.717) is 12.3 Å². The van der Waals surface area contributed by atoms with Gasteiger partial charge in [-0.1, -0.05) is 38.5 Å². The predicted molar refractivity (Wildman–Crippen MR) is 100 cm³/mol. The molecule has 1 aromatic carbocycles. The fraction of sp³-hybridized carbons (Fsp3) is 0.571. The number of aromatic amines is 1. The van der Waals surface area contributed by atoms with Crippen LogP contribution < -0.4 is 10.3 Å². The number of halogens is 5. The number of unbranched alkanes of at least 4 members (excludes halogenated alkanes) is 1. The summed E-state index contributed by atoms with van der Waals surface area (Å²) < 4.78 is 75.9. The second-order valence-electron chi connectivity index (χ2n) is 7.71. The molecule has 3 nitrogen and oxygen atoms in total. The first-order valence-electron chi connectivity index (χ1n) is 9.83. The number of rotatable bonds is 7. The third-order valence-electron chi connectivity index (χ3n) is 5.70. The van der Waals surface area contributed by atoms with E-state index in [1.807, 2.05) is 0 Å². The minimum absolute atomic E-state index is 0.0703. The van der Waals surface area contributed by atoms with E-state index in [-0.39, 0.29) is 17.7 Å². The number of hydrogen-bond acceptors (Lipinski definition) is 2. The zero-order chi connectivity index (χ0) is 21.2. The lowest BCUT2D eigenvalue weighted by molar-refractivity contribution is -0.141. The molecule has 29 heavy (non-hydrogen) atoms. The molecule has 160 valence electrons. The fourth-order valence-corrected chi connectivity index (χ4v) is 4.25. The molecular weight excluding hydrogens is 393 g/mol. The van der Waals surface area contributed by atoms with E-state index in [9.17, 15) is 26.7 Å². The van der Waals surface area contributed by atoms with Crippen molar-refractivity contribution in [3.63, 3.8) is 0 Å². The Morgan fingerprint density at radius 1 is 1.07 bits per heavy atom. The minimum atomic E-state index is -5.09. The average Bonchev–Trinajstić information content (AvgIpc) is 3.16. The van der Waals surface area contributed by atoms with Crippen LogP contribution in [-0.2, 0) is 12.1 Å².